The maximum Gasteiger partial charge on any atom is 0.244 e. The smallest absolute Gasteiger partial charge is 0.244 e. The Balaban J connectivity index is 1.69. The number of carbonyl (C=O) groups excluding carboxylic acids is 1. The molecule has 9 heteroatoms. The molecule has 31 heavy (non-hydrogen) atoms. The molecule has 158 valence electrons. The van der Waals surface area contributed by atoms with E-state index in [4.69, 9.17) is 34.8 Å². The summed E-state index contributed by atoms with van der Waals surface area (Å²) in [7, 11) is -3.81. The molecule has 0 fully saturated rings. The van der Waals surface area contributed by atoms with Gasteiger partial charge in [-0.25, -0.2) is 8.42 Å². The van der Waals surface area contributed by atoms with E-state index in [1.165, 1.54) is 30.5 Å². The molecule has 0 unspecified atom stereocenters. The van der Waals surface area contributed by atoms with Gasteiger partial charge < -0.3 is 9.88 Å². The van der Waals surface area contributed by atoms with Gasteiger partial charge in [0.15, 0.2) is 0 Å². The lowest BCUT2D eigenvalue weighted by atomic mass is 10.2. The van der Waals surface area contributed by atoms with Crippen LogP contribution in [0.3, 0.4) is 0 Å². The minimum absolute atomic E-state index is 0.0864. The van der Waals surface area contributed by atoms with Crippen molar-refractivity contribution < 1.29 is 13.2 Å². The number of hydrogen-bond donors (Lipinski definition) is 1. The summed E-state index contributed by atoms with van der Waals surface area (Å²) in [6, 6.07) is 17.8. The summed E-state index contributed by atoms with van der Waals surface area (Å²) in [6.45, 7) is -0.0864. The van der Waals surface area contributed by atoms with Gasteiger partial charge in [0.25, 0.3) is 0 Å². The standard InChI is InChI=1S/C22H15Cl3N2O3S/c23-14-5-8-16(9-6-14)31(29,30)21-12-27(20-4-2-1-3-17(20)21)13-22(28)26-15-7-10-18(24)19(25)11-15/h1-12H,13H2,(H,26,28). The van der Waals surface area contributed by atoms with Gasteiger partial charge in [0.1, 0.15) is 6.54 Å². The summed E-state index contributed by atoms with van der Waals surface area (Å²) >= 11 is 17.8. The van der Waals surface area contributed by atoms with Crippen molar-refractivity contribution in [1.29, 1.82) is 0 Å². The highest BCUT2D eigenvalue weighted by atomic mass is 35.5. The molecule has 0 bridgehead atoms. The number of carbonyl (C=O) groups is 1. The molecular formula is C22H15Cl3N2O3S. The fourth-order valence-electron chi connectivity index (χ4n) is 3.23. The average molecular weight is 494 g/mol. The van der Waals surface area contributed by atoms with E-state index in [1.54, 1.807) is 47.0 Å². The van der Waals surface area contributed by atoms with Gasteiger partial charge in [-0.1, -0.05) is 53.0 Å². The molecule has 0 atom stereocenters. The van der Waals surface area contributed by atoms with Gasteiger partial charge in [-0.3, -0.25) is 4.79 Å². The lowest BCUT2D eigenvalue weighted by Gasteiger charge is -2.08. The number of nitrogens with one attached hydrogen (secondary N) is 1. The van der Waals surface area contributed by atoms with Gasteiger partial charge in [-0.15, -0.1) is 0 Å². The summed E-state index contributed by atoms with van der Waals surface area (Å²) in [6.07, 6.45) is 1.48. The summed E-state index contributed by atoms with van der Waals surface area (Å²) < 4.78 is 28.1. The van der Waals surface area contributed by atoms with E-state index in [0.29, 0.717) is 31.7 Å². The number of fused-ring (bicyclic) bond motifs is 1. The predicted octanol–water partition coefficient (Wildman–Crippen LogP) is 6.07. The minimum Gasteiger partial charge on any atom is -0.337 e. The van der Waals surface area contributed by atoms with Crippen LogP contribution in [0.15, 0.2) is 82.7 Å². The van der Waals surface area contributed by atoms with Gasteiger partial charge >= 0.3 is 0 Å². The van der Waals surface area contributed by atoms with Crippen LogP contribution in [0.4, 0.5) is 5.69 Å². The van der Waals surface area contributed by atoms with Gasteiger partial charge in [-0.2, -0.15) is 0 Å². The second-order valence-electron chi connectivity index (χ2n) is 6.77. The second kappa shape index (κ2) is 8.55. The van der Waals surface area contributed by atoms with Crippen LogP contribution in [0.25, 0.3) is 10.9 Å². The van der Waals surface area contributed by atoms with Crippen LogP contribution in [0.2, 0.25) is 15.1 Å². The lowest BCUT2D eigenvalue weighted by molar-refractivity contribution is -0.116. The van der Waals surface area contributed by atoms with Crippen molar-refractivity contribution in [3.05, 3.63) is 88.0 Å². The number of aromatic nitrogens is 1. The van der Waals surface area contributed by atoms with Crippen molar-refractivity contribution in [2.75, 3.05) is 5.32 Å². The molecule has 4 aromatic rings. The van der Waals surface area contributed by atoms with E-state index >= 15 is 0 Å². The normalized spacial score (nSPS) is 11.6. The fraction of sp³-hybridized carbons (Fsp3) is 0.0455. The number of halogens is 3. The van der Waals surface area contributed by atoms with E-state index in [9.17, 15) is 13.2 Å². The Morgan fingerprint density at radius 3 is 2.32 bits per heavy atom. The zero-order chi connectivity index (χ0) is 22.2. The SMILES string of the molecule is O=C(Cn1cc(S(=O)(=O)c2ccc(Cl)cc2)c2ccccc21)Nc1ccc(Cl)c(Cl)c1. The van der Waals surface area contributed by atoms with E-state index in [1.807, 2.05) is 0 Å². The van der Waals surface area contributed by atoms with Crippen LogP contribution in [0.5, 0.6) is 0 Å². The molecule has 0 saturated carbocycles. The first-order valence-electron chi connectivity index (χ1n) is 9.09. The van der Waals surface area contributed by atoms with Crippen LogP contribution < -0.4 is 5.32 Å². The third-order valence-electron chi connectivity index (χ3n) is 4.68. The summed E-state index contributed by atoms with van der Waals surface area (Å²) in [5.41, 5.74) is 1.11. The van der Waals surface area contributed by atoms with E-state index in [2.05, 4.69) is 5.32 Å². The Kier molecular flexibility index (Phi) is 5.99. The average Bonchev–Trinajstić information content (AvgIpc) is 3.10. The largest absolute Gasteiger partial charge is 0.337 e. The van der Waals surface area contributed by atoms with Gasteiger partial charge in [0, 0.05) is 27.8 Å². The molecule has 0 spiro atoms. The number of anilines is 1. The molecule has 0 aliphatic heterocycles. The third kappa shape index (κ3) is 4.43. The molecule has 1 aromatic heterocycles. The first-order valence-corrected chi connectivity index (χ1v) is 11.7. The molecule has 0 saturated heterocycles. The van der Waals surface area contributed by atoms with E-state index < -0.39 is 9.84 Å². The molecule has 0 aliphatic carbocycles. The fourth-order valence-corrected chi connectivity index (χ4v) is 5.13. The molecule has 1 amide bonds. The number of para-hydroxylation sites is 1. The van der Waals surface area contributed by atoms with Crippen LogP contribution in [0.1, 0.15) is 0 Å². The Bertz CT molecular complexity index is 1400. The Morgan fingerprint density at radius 1 is 0.903 bits per heavy atom. The monoisotopic (exact) mass is 492 g/mol. The molecule has 0 aliphatic rings. The van der Waals surface area contributed by atoms with Gasteiger partial charge in [0.2, 0.25) is 15.7 Å². The topological polar surface area (TPSA) is 68.2 Å². The van der Waals surface area contributed by atoms with Gasteiger partial charge in [0.05, 0.1) is 19.8 Å². The molecule has 1 N–H and O–H groups in total. The van der Waals surface area contributed by atoms with Crippen molar-refractivity contribution in [2.24, 2.45) is 0 Å². The van der Waals surface area contributed by atoms with Crippen LogP contribution in [-0.2, 0) is 21.2 Å². The molecule has 5 nitrogen and oxygen atoms in total. The molecular weight excluding hydrogens is 479 g/mol. The highest BCUT2D eigenvalue weighted by molar-refractivity contribution is 7.91. The van der Waals surface area contributed by atoms with Crippen molar-refractivity contribution in [2.45, 2.75) is 16.3 Å². The zero-order valence-electron chi connectivity index (χ0n) is 15.8. The number of amides is 1. The van der Waals surface area contributed by atoms with Crippen molar-refractivity contribution in [3.63, 3.8) is 0 Å². The van der Waals surface area contributed by atoms with E-state index in [-0.39, 0.29) is 22.2 Å². The third-order valence-corrected chi connectivity index (χ3v) is 7.47. The zero-order valence-corrected chi connectivity index (χ0v) is 18.9. The number of nitrogens with zero attached hydrogens (tertiary/aromatic N) is 1. The number of hydrogen-bond acceptors (Lipinski definition) is 3. The van der Waals surface area contributed by atoms with E-state index in [0.717, 1.165) is 0 Å². The quantitative estimate of drug-likeness (QED) is 0.367. The van der Waals surface area contributed by atoms with Crippen LogP contribution >= 0.6 is 34.8 Å². The van der Waals surface area contributed by atoms with Crippen LogP contribution in [-0.4, -0.2) is 18.9 Å². The Labute approximate surface area is 194 Å². The lowest BCUT2D eigenvalue weighted by Crippen LogP contribution is -2.18. The number of sulfone groups is 1. The first-order chi connectivity index (χ1) is 14.8. The van der Waals surface area contributed by atoms with Gasteiger partial charge in [-0.05, 0) is 48.5 Å². The Hall–Kier alpha value is -2.51. The summed E-state index contributed by atoms with van der Waals surface area (Å²) in [4.78, 5) is 12.9. The highest BCUT2D eigenvalue weighted by Crippen LogP contribution is 2.31. The second-order valence-corrected chi connectivity index (χ2v) is 9.94. The molecule has 0 radical (unpaired) electrons. The summed E-state index contributed by atoms with van der Waals surface area (Å²) in [5, 5.41) is 4.42. The van der Waals surface area contributed by atoms with Crippen molar-refractivity contribution in [1.82, 2.24) is 4.57 Å². The molecule has 4 rings (SSSR count). The highest BCUT2D eigenvalue weighted by Gasteiger charge is 2.24. The maximum atomic E-state index is 13.2. The minimum atomic E-state index is -3.81. The van der Waals surface area contributed by atoms with Crippen molar-refractivity contribution in [3.8, 4) is 0 Å². The number of benzene rings is 3. The predicted molar refractivity (Wildman–Crippen MR) is 124 cm³/mol. The number of rotatable bonds is 5. The Morgan fingerprint density at radius 2 is 1.61 bits per heavy atom. The van der Waals surface area contributed by atoms with Crippen LogP contribution in [0, 0.1) is 0 Å². The molecule has 1 heterocycles. The first kappa shape index (κ1) is 21.7. The van der Waals surface area contributed by atoms with Crippen molar-refractivity contribution >= 4 is 67.1 Å². The summed E-state index contributed by atoms with van der Waals surface area (Å²) in [5.74, 6) is -0.338. The molecule has 3 aromatic carbocycles. The maximum absolute atomic E-state index is 13.2.